The lowest BCUT2D eigenvalue weighted by atomic mass is 10.0. The molecule has 0 aliphatic heterocycles. The van der Waals surface area contributed by atoms with Gasteiger partial charge < -0.3 is 14.3 Å². The highest BCUT2D eigenvalue weighted by molar-refractivity contribution is 7.71. The van der Waals surface area contributed by atoms with E-state index in [1.165, 1.54) is 7.11 Å². The Morgan fingerprint density at radius 1 is 1.45 bits per heavy atom. The number of nitrogens with zero attached hydrogens (tertiary/aromatic N) is 1. The molecule has 108 valence electrons. The molecule has 1 N–H and O–H groups in total. The number of esters is 1. The topological polar surface area (TPSA) is 47.0 Å². The molecule has 0 fully saturated rings. The number of ether oxygens (including phenoxy) is 1. The smallest absolute Gasteiger partial charge is 0.328 e. The molecule has 0 aliphatic rings. The molecule has 1 heterocycles. The van der Waals surface area contributed by atoms with Crippen molar-refractivity contribution in [3.8, 4) is 0 Å². The van der Waals surface area contributed by atoms with Crippen molar-refractivity contribution in [3.63, 3.8) is 0 Å². The molecule has 0 amide bonds. The van der Waals surface area contributed by atoms with E-state index < -0.39 is 0 Å². The van der Waals surface area contributed by atoms with Gasteiger partial charge in [-0.3, -0.25) is 0 Å². The number of rotatable bonds is 4. The van der Waals surface area contributed by atoms with Gasteiger partial charge in [0.2, 0.25) is 0 Å². The third kappa shape index (κ3) is 2.77. The van der Waals surface area contributed by atoms with E-state index >= 15 is 0 Å². The first-order chi connectivity index (χ1) is 9.43. The Balaban J connectivity index is 2.63. The molecular weight excluding hydrogens is 272 g/mol. The number of methoxy groups -OCH3 is 1. The number of fused-ring (bicyclic) bond motifs is 1. The van der Waals surface area contributed by atoms with Crippen LogP contribution in [-0.2, 0) is 9.53 Å². The Labute approximate surface area is 123 Å². The molecule has 0 bridgehead atoms. The Hall–Kier alpha value is -1.62. The minimum absolute atomic E-state index is 0.253. The van der Waals surface area contributed by atoms with E-state index in [4.69, 9.17) is 17.0 Å². The summed E-state index contributed by atoms with van der Waals surface area (Å²) in [4.78, 5) is 15.3. The van der Waals surface area contributed by atoms with Crippen LogP contribution in [0.3, 0.4) is 0 Å². The number of H-pyrrole nitrogens is 1. The predicted molar refractivity (Wildman–Crippen MR) is 82.4 cm³/mol. The Kier molecular flexibility index (Phi) is 4.28. The van der Waals surface area contributed by atoms with Crippen LogP contribution in [0.25, 0.3) is 11.0 Å². The monoisotopic (exact) mass is 292 g/mol. The number of imidazole rings is 1. The number of carbonyl (C=O) groups is 1. The Bertz CT molecular complexity index is 685. The molecule has 0 spiro atoms. The highest BCUT2D eigenvalue weighted by Crippen LogP contribution is 2.26. The molecule has 4 nitrogen and oxygen atoms in total. The predicted octanol–water partition coefficient (Wildman–Crippen LogP) is 3.77. The van der Waals surface area contributed by atoms with E-state index in [-0.39, 0.29) is 12.0 Å². The standard InChI is InChI=1S/C15H20N2O2S/c1-9(2)7-13(14(18)19-4)17-12-8-10(3)5-6-11(12)16-15(17)20/h5-6,8-9,13H,7H2,1-4H3,(H,16,20). The molecule has 1 aromatic heterocycles. The van der Waals surface area contributed by atoms with Crippen LogP contribution in [-0.4, -0.2) is 22.6 Å². The second-order valence-electron chi connectivity index (χ2n) is 5.49. The van der Waals surface area contributed by atoms with Crippen molar-refractivity contribution in [2.75, 3.05) is 7.11 Å². The average molecular weight is 292 g/mol. The van der Waals surface area contributed by atoms with Crippen LogP contribution in [0.4, 0.5) is 0 Å². The van der Waals surface area contributed by atoms with Crippen LogP contribution < -0.4 is 0 Å². The molecule has 0 saturated heterocycles. The molecule has 2 aromatic rings. The number of carbonyl (C=O) groups excluding carboxylic acids is 1. The second kappa shape index (κ2) is 5.79. The van der Waals surface area contributed by atoms with Crippen LogP contribution in [0.15, 0.2) is 18.2 Å². The first-order valence-corrected chi connectivity index (χ1v) is 7.13. The normalized spacial score (nSPS) is 12.8. The van der Waals surface area contributed by atoms with Gasteiger partial charge in [-0.1, -0.05) is 19.9 Å². The van der Waals surface area contributed by atoms with Crippen LogP contribution >= 0.6 is 12.2 Å². The third-order valence-corrected chi connectivity index (χ3v) is 3.65. The summed E-state index contributed by atoms with van der Waals surface area (Å²) < 4.78 is 7.39. The van der Waals surface area contributed by atoms with E-state index in [2.05, 4.69) is 18.8 Å². The van der Waals surface area contributed by atoms with Crippen molar-refractivity contribution in [2.24, 2.45) is 5.92 Å². The van der Waals surface area contributed by atoms with Crippen molar-refractivity contribution < 1.29 is 9.53 Å². The number of aromatic amines is 1. The van der Waals surface area contributed by atoms with E-state index in [1.807, 2.05) is 29.7 Å². The quantitative estimate of drug-likeness (QED) is 0.689. The van der Waals surface area contributed by atoms with Gasteiger partial charge in [-0.25, -0.2) is 4.79 Å². The molecule has 1 atom stereocenters. The van der Waals surface area contributed by atoms with Gasteiger partial charge in [-0.2, -0.15) is 0 Å². The first-order valence-electron chi connectivity index (χ1n) is 6.72. The molecule has 1 aromatic carbocycles. The van der Waals surface area contributed by atoms with Gasteiger partial charge in [-0.15, -0.1) is 0 Å². The van der Waals surface area contributed by atoms with Gasteiger partial charge in [0.15, 0.2) is 4.77 Å². The van der Waals surface area contributed by atoms with Gasteiger partial charge in [0.25, 0.3) is 0 Å². The number of hydrogen-bond acceptors (Lipinski definition) is 3. The van der Waals surface area contributed by atoms with Gasteiger partial charge in [0.1, 0.15) is 6.04 Å². The summed E-state index contributed by atoms with van der Waals surface area (Å²) in [6, 6.07) is 5.66. The lowest BCUT2D eigenvalue weighted by Crippen LogP contribution is -2.22. The maximum absolute atomic E-state index is 12.1. The summed E-state index contributed by atoms with van der Waals surface area (Å²) in [5.41, 5.74) is 3.03. The minimum Gasteiger partial charge on any atom is -0.467 e. The van der Waals surface area contributed by atoms with E-state index in [9.17, 15) is 4.79 Å². The summed E-state index contributed by atoms with van der Waals surface area (Å²) >= 11 is 5.39. The lowest BCUT2D eigenvalue weighted by molar-refractivity contribution is -0.145. The lowest BCUT2D eigenvalue weighted by Gasteiger charge is -2.19. The zero-order valence-corrected chi connectivity index (χ0v) is 13.1. The maximum Gasteiger partial charge on any atom is 0.328 e. The van der Waals surface area contributed by atoms with Gasteiger partial charge in [-0.05, 0) is 49.2 Å². The maximum atomic E-state index is 12.1. The number of aryl methyl sites for hydroxylation is 1. The SMILES string of the molecule is COC(=O)C(CC(C)C)n1c(=S)[nH]c2ccc(C)cc21. The van der Waals surface area contributed by atoms with Gasteiger partial charge >= 0.3 is 5.97 Å². The Morgan fingerprint density at radius 3 is 2.75 bits per heavy atom. The van der Waals surface area contributed by atoms with Crippen molar-refractivity contribution in [3.05, 3.63) is 28.5 Å². The molecule has 2 rings (SSSR count). The molecule has 20 heavy (non-hydrogen) atoms. The zero-order valence-electron chi connectivity index (χ0n) is 12.3. The average Bonchev–Trinajstić information content (AvgIpc) is 2.70. The van der Waals surface area contributed by atoms with Crippen molar-refractivity contribution in [2.45, 2.75) is 33.2 Å². The molecule has 0 radical (unpaired) electrons. The van der Waals surface area contributed by atoms with Crippen molar-refractivity contribution in [1.29, 1.82) is 0 Å². The van der Waals surface area contributed by atoms with E-state index in [0.29, 0.717) is 17.1 Å². The minimum atomic E-state index is -0.386. The molecular formula is C15H20N2O2S. The summed E-state index contributed by atoms with van der Waals surface area (Å²) in [5.74, 6) is 0.118. The summed E-state index contributed by atoms with van der Waals surface area (Å²) in [7, 11) is 1.42. The van der Waals surface area contributed by atoms with Crippen LogP contribution in [0, 0.1) is 17.6 Å². The van der Waals surface area contributed by atoms with Crippen LogP contribution in [0.5, 0.6) is 0 Å². The second-order valence-corrected chi connectivity index (χ2v) is 5.88. The fraction of sp³-hybridized carbons (Fsp3) is 0.467. The third-order valence-electron chi connectivity index (χ3n) is 3.35. The molecule has 0 saturated carbocycles. The Morgan fingerprint density at radius 2 is 2.15 bits per heavy atom. The van der Waals surface area contributed by atoms with Crippen LogP contribution in [0.2, 0.25) is 0 Å². The van der Waals surface area contributed by atoms with Crippen molar-refractivity contribution >= 4 is 29.2 Å². The fourth-order valence-electron chi connectivity index (χ4n) is 2.43. The van der Waals surface area contributed by atoms with E-state index in [0.717, 1.165) is 16.6 Å². The molecule has 0 aliphatic carbocycles. The summed E-state index contributed by atoms with van der Waals surface area (Å²) in [6.45, 7) is 6.19. The molecule has 5 heteroatoms. The fourth-order valence-corrected chi connectivity index (χ4v) is 2.77. The largest absolute Gasteiger partial charge is 0.467 e. The van der Waals surface area contributed by atoms with E-state index in [1.54, 1.807) is 0 Å². The van der Waals surface area contributed by atoms with Crippen molar-refractivity contribution in [1.82, 2.24) is 9.55 Å². The van der Waals surface area contributed by atoms with Gasteiger partial charge in [0, 0.05) is 0 Å². The summed E-state index contributed by atoms with van der Waals surface area (Å²) in [5, 5.41) is 0. The number of benzene rings is 1. The van der Waals surface area contributed by atoms with Crippen LogP contribution in [0.1, 0.15) is 31.9 Å². The highest BCUT2D eigenvalue weighted by atomic mass is 32.1. The zero-order chi connectivity index (χ0) is 14.9. The number of hydrogen-bond donors (Lipinski definition) is 1. The number of nitrogens with one attached hydrogen (secondary N) is 1. The van der Waals surface area contributed by atoms with Gasteiger partial charge in [0.05, 0.1) is 18.1 Å². The first kappa shape index (κ1) is 14.8. The molecule has 1 unspecified atom stereocenters. The number of aromatic nitrogens is 2. The highest BCUT2D eigenvalue weighted by Gasteiger charge is 2.25. The summed E-state index contributed by atoms with van der Waals surface area (Å²) in [6.07, 6.45) is 0.696.